The molecule has 0 saturated carbocycles. The fourth-order valence-corrected chi connectivity index (χ4v) is 2.93. The van der Waals surface area contributed by atoms with Crippen LogP contribution in [0.15, 0.2) is 12.4 Å². The molecule has 3 rings (SSSR count). The molecule has 2 fully saturated rings. The van der Waals surface area contributed by atoms with Gasteiger partial charge in [0, 0.05) is 13.1 Å². The average molecular weight is 269 g/mol. The topological polar surface area (TPSA) is 52.5 Å². The van der Waals surface area contributed by atoms with E-state index in [0.29, 0.717) is 17.5 Å². The number of hydrogen-bond donors (Lipinski definition) is 1. The Hall–Kier alpha value is -0.910. The summed E-state index contributed by atoms with van der Waals surface area (Å²) in [6.07, 6.45) is 5.35. The van der Waals surface area contributed by atoms with Crippen LogP contribution in [0.25, 0.3) is 0 Å². The van der Waals surface area contributed by atoms with Crippen LogP contribution in [0.5, 0.6) is 0 Å². The lowest BCUT2D eigenvalue weighted by Gasteiger charge is -2.25. The molecule has 2 aliphatic heterocycles. The zero-order valence-electron chi connectivity index (χ0n) is 10.2. The third-order valence-electron chi connectivity index (χ3n) is 3.76. The summed E-state index contributed by atoms with van der Waals surface area (Å²) in [4.78, 5) is 12.8. The zero-order valence-corrected chi connectivity index (χ0v) is 10.9. The van der Waals surface area contributed by atoms with E-state index in [1.54, 1.807) is 12.4 Å². The fourth-order valence-electron chi connectivity index (χ4n) is 2.83. The second kappa shape index (κ2) is 4.99. The van der Waals surface area contributed by atoms with Crippen molar-refractivity contribution in [2.75, 3.05) is 31.1 Å². The minimum atomic E-state index is -0.317. The molecular weight excluding hydrogens is 252 g/mol. The van der Waals surface area contributed by atoms with Gasteiger partial charge in [-0.1, -0.05) is 11.6 Å². The zero-order chi connectivity index (χ0) is 12.5. The number of aliphatic hydroxyl groups is 1. The van der Waals surface area contributed by atoms with Gasteiger partial charge in [0.15, 0.2) is 0 Å². The van der Waals surface area contributed by atoms with Crippen LogP contribution in [0.2, 0.25) is 5.02 Å². The average Bonchev–Trinajstić information content (AvgIpc) is 2.99. The number of anilines is 1. The Morgan fingerprint density at radius 1 is 1.17 bits per heavy atom. The van der Waals surface area contributed by atoms with E-state index in [1.807, 2.05) is 4.90 Å². The number of nitrogens with zero attached hydrogens (tertiary/aromatic N) is 4. The van der Waals surface area contributed by atoms with E-state index in [0.717, 1.165) is 19.6 Å². The summed E-state index contributed by atoms with van der Waals surface area (Å²) in [6, 6.07) is 0.215. The Balaban J connectivity index is 1.71. The van der Waals surface area contributed by atoms with E-state index >= 15 is 0 Å². The Labute approximate surface area is 111 Å². The molecule has 1 aromatic rings. The van der Waals surface area contributed by atoms with Crippen LogP contribution >= 0.6 is 11.6 Å². The first-order chi connectivity index (χ1) is 8.74. The van der Waals surface area contributed by atoms with Crippen LogP contribution in [-0.2, 0) is 0 Å². The van der Waals surface area contributed by atoms with Crippen molar-refractivity contribution >= 4 is 17.5 Å². The van der Waals surface area contributed by atoms with Gasteiger partial charge in [0.2, 0.25) is 5.95 Å². The summed E-state index contributed by atoms with van der Waals surface area (Å²) in [5.41, 5.74) is 0. The predicted octanol–water partition coefficient (Wildman–Crippen LogP) is 0.775. The maximum absolute atomic E-state index is 10.2. The van der Waals surface area contributed by atoms with Crippen LogP contribution in [0, 0.1) is 0 Å². The van der Waals surface area contributed by atoms with Crippen molar-refractivity contribution in [3.8, 4) is 0 Å². The lowest BCUT2D eigenvalue weighted by atomic mass is 10.2. The highest BCUT2D eigenvalue weighted by atomic mass is 35.5. The summed E-state index contributed by atoms with van der Waals surface area (Å²) in [6.45, 7) is 3.58. The van der Waals surface area contributed by atoms with Crippen molar-refractivity contribution < 1.29 is 5.11 Å². The fraction of sp³-hybridized carbons (Fsp3) is 0.667. The first-order valence-corrected chi connectivity index (χ1v) is 6.76. The minimum absolute atomic E-state index is 0.215. The summed E-state index contributed by atoms with van der Waals surface area (Å²) in [7, 11) is 0. The summed E-state index contributed by atoms with van der Waals surface area (Å²) in [5.74, 6) is 0.653. The molecular formula is C12H17ClN4O. The molecule has 2 aliphatic rings. The number of hydrogen-bond acceptors (Lipinski definition) is 5. The first kappa shape index (κ1) is 12.1. The van der Waals surface area contributed by atoms with Crippen molar-refractivity contribution in [3.63, 3.8) is 0 Å². The van der Waals surface area contributed by atoms with Crippen LogP contribution in [0.1, 0.15) is 12.8 Å². The Morgan fingerprint density at radius 2 is 1.83 bits per heavy atom. The van der Waals surface area contributed by atoms with Crippen molar-refractivity contribution in [3.05, 3.63) is 17.4 Å². The van der Waals surface area contributed by atoms with Gasteiger partial charge in [0.05, 0.1) is 29.6 Å². The SMILES string of the molecule is O[C@H]1CN(c2ncc(Cl)cn2)C[C@H]1N1CCCC1. The Bertz CT molecular complexity index is 407. The van der Waals surface area contributed by atoms with E-state index in [-0.39, 0.29) is 12.1 Å². The minimum Gasteiger partial charge on any atom is -0.390 e. The van der Waals surface area contributed by atoms with E-state index in [2.05, 4.69) is 14.9 Å². The smallest absolute Gasteiger partial charge is 0.225 e. The molecule has 0 aliphatic carbocycles. The lowest BCUT2D eigenvalue weighted by molar-refractivity contribution is 0.0986. The Kier molecular flexibility index (Phi) is 3.37. The van der Waals surface area contributed by atoms with Gasteiger partial charge >= 0.3 is 0 Å². The van der Waals surface area contributed by atoms with Gasteiger partial charge in [0.25, 0.3) is 0 Å². The normalized spacial score (nSPS) is 29.1. The highest BCUT2D eigenvalue weighted by Gasteiger charge is 2.37. The Morgan fingerprint density at radius 3 is 2.50 bits per heavy atom. The molecule has 5 nitrogen and oxygen atoms in total. The number of halogens is 1. The van der Waals surface area contributed by atoms with Crippen molar-refractivity contribution in [1.29, 1.82) is 0 Å². The van der Waals surface area contributed by atoms with Gasteiger partial charge in [-0.25, -0.2) is 9.97 Å². The molecule has 0 bridgehead atoms. The molecule has 1 aromatic heterocycles. The van der Waals surface area contributed by atoms with Crippen molar-refractivity contribution in [1.82, 2.24) is 14.9 Å². The molecule has 2 atom stereocenters. The summed E-state index contributed by atoms with van der Waals surface area (Å²) < 4.78 is 0. The van der Waals surface area contributed by atoms with Gasteiger partial charge in [-0.15, -0.1) is 0 Å². The van der Waals surface area contributed by atoms with E-state index < -0.39 is 0 Å². The molecule has 98 valence electrons. The number of aliphatic hydroxyl groups excluding tert-OH is 1. The maximum atomic E-state index is 10.2. The van der Waals surface area contributed by atoms with Gasteiger partial charge in [0.1, 0.15) is 0 Å². The van der Waals surface area contributed by atoms with E-state index in [4.69, 9.17) is 11.6 Å². The lowest BCUT2D eigenvalue weighted by Crippen LogP contribution is -2.41. The first-order valence-electron chi connectivity index (χ1n) is 6.38. The molecule has 0 aromatic carbocycles. The standard InChI is InChI=1S/C12H17ClN4O/c13-9-5-14-12(15-6-9)17-7-10(11(18)8-17)16-3-1-2-4-16/h5-6,10-11,18H,1-4,7-8H2/t10-,11+/m1/s1. The highest BCUT2D eigenvalue weighted by molar-refractivity contribution is 6.30. The highest BCUT2D eigenvalue weighted by Crippen LogP contribution is 2.23. The van der Waals surface area contributed by atoms with E-state index in [1.165, 1.54) is 12.8 Å². The monoisotopic (exact) mass is 268 g/mol. The van der Waals surface area contributed by atoms with Gasteiger partial charge < -0.3 is 10.0 Å². The van der Waals surface area contributed by atoms with Crippen LogP contribution in [0.4, 0.5) is 5.95 Å². The molecule has 1 N–H and O–H groups in total. The third kappa shape index (κ3) is 2.30. The third-order valence-corrected chi connectivity index (χ3v) is 3.95. The summed E-state index contributed by atoms with van der Waals surface area (Å²) in [5, 5.41) is 10.7. The predicted molar refractivity (Wildman–Crippen MR) is 69.9 cm³/mol. The number of aromatic nitrogens is 2. The largest absolute Gasteiger partial charge is 0.390 e. The number of likely N-dealkylation sites (tertiary alicyclic amines) is 1. The number of β-amino-alcohol motifs (C(OH)–C–C–N with tert-alkyl or cyclic N) is 1. The quantitative estimate of drug-likeness (QED) is 0.859. The number of rotatable bonds is 2. The molecule has 0 spiro atoms. The van der Waals surface area contributed by atoms with Gasteiger partial charge in [-0.3, -0.25) is 4.90 Å². The molecule has 0 unspecified atom stereocenters. The van der Waals surface area contributed by atoms with E-state index in [9.17, 15) is 5.11 Å². The second-order valence-electron chi connectivity index (χ2n) is 4.98. The summed E-state index contributed by atoms with van der Waals surface area (Å²) >= 11 is 5.78. The maximum Gasteiger partial charge on any atom is 0.225 e. The molecule has 0 radical (unpaired) electrons. The van der Waals surface area contributed by atoms with Gasteiger partial charge in [-0.2, -0.15) is 0 Å². The molecule has 6 heteroatoms. The molecule has 3 heterocycles. The second-order valence-corrected chi connectivity index (χ2v) is 5.42. The van der Waals surface area contributed by atoms with Crippen LogP contribution < -0.4 is 4.90 Å². The molecule has 18 heavy (non-hydrogen) atoms. The van der Waals surface area contributed by atoms with Crippen molar-refractivity contribution in [2.45, 2.75) is 25.0 Å². The van der Waals surface area contributed by atoms with Crippen molar-refractivity contribution in [2.24, 2.45) is 0 Å². The van der Waals surface area contributed by atoms with Gasteiger partial charge in [-0.05, 0) is 25.9 Å². The van der Waals surface area contributed by atoms with Crippen LogP contribution in [-0.4, -0.2) is 58.3 Å². The molecule has 0 amide bonds. The van der Waals surface area contributed by atoms with Crippen LogP contribution in [0.3, 0.4) is 0 Å². The molecule has 2 saturated heterocycles.